The Labute approximate surface area is 148 Å². The van der Waals surface area contributed by atoms with Gasteiger partial charge in [0, 0.05) is 0 Å². The Morgan fingerprint density at radius 2 is 2.04 bits per heavy atom. The molecular weight excluding hydrogens is 336 g/mol. The van der Waals surface area contributed by atoms with Gasteiger partial charge in [-0.3, -0.25) is 0 Å². The van der Waals surface area contributed by atoms with Gasteiger partial charge in [0.05, 0.1) is 29.5 Å². The van der Waals surface area contributed by atoms with Crippen molar-refractivity contribution in [3.63, 3.8) is 0 Å². The number of ether oxygens (including phenoxy) is 1. The quantitative estimate of drug-likeness (QED) is 0.542. The molecule has 2 aromatic carbocycles. The number of rotatable bonds is 5. The number of benzene rings is 2. The van der Waals surface area contributed by atoms with Crippen molar-refractivity contribution in [3.05, 3.63) is 53.9 Å². The molecule has 7 heteroatoms. The Morgan fingerprint density at radius 1 is 1.16 bits per heavy atom. The van der Waals surface area contributed by atoms with Crippen molar-refractivity contribution >= 4 is 22.8 Å². The lowest BCUT2D eigenvalue weighted by Crippen LogP contribution is -1.89. The molecule has 4 rings (SSSR count). The molecule has 126 valence electrons. The average Bonchev–Trinajstić information content (AvgIpc) is 3.26. The molecule has 2 aromatic heterocycles. The van der Waals surface area contributed by atoms with Crippen molar-refractivity contribution in [1.82, 2.24) is 20.1 Å². The third-order valence-electron chi connectivity index (χ3n) is 3.76. The van der Waals surface area contributed by atoms with Crippen LogP contribution in [0.25, 0.3) is 22.4 Å². The number of hydrogen-bond acceptors (Lipinski definition) is 6. The molecule has 2 heterocycles. The topological polar surface area (TPSA) is 76.8 Å². The summed E-state index contributed by atoms with van der Waals surface area (Å²) in [5.74, 6) is 2.33. The molecule has 0 aliphatic heterocycles. The summed E-state index contributed by atoms with van der Waals surface area (Å²) in [5, 5.41) is 4.88. The lowest BCUT2D eigenvalue weighted by Gasteiger charge is -2.02. The van der Waals surface area contributed by atoms with Gasteiger partial charge in [0.1, 0.15) is 5.75 Å². The Balaban J connectivity index is 1.51. The maximum Gasteiger partial charge on any atom is 0.237 e. The number of para-hydroxylation sites is 1. The van der Waals surface area contributed by atoms with E-state index in [2.05, 4.69) is 39.2 Å². The molecule has 0 amide bonds. The first kappa shape index (κ1) is 15.7. The summed E-state index contributed by atoms with van der Waals surface area (Å²) in [6.07, 6.45) is 0. The van der Waals surface area contributed by atoms with Crippen molar-refractivity contribution in [3.8, 4) is 17.1 Å². The molecule has 0 saturated carbocycles. The Hall–Kier alpha value is -2.80. The van der Waals surface area contributed by atoms with Crippen LogP contribution in [-0.4, -0.2) is 27.2 Å². The van der Waals surface area contributed by atoms with Gasteiger partial charge in [0.15, 0.2) is 5.16 Å². The maximum atomic E-state index is 5.35. The van der Waals surface area contributed by atoms with Crippen molar-refractivity contribution in [2.45, 2.75) is 17.8 Å². The van der Waals surface area contributed by atoms with E-state index in [9.17, 15) is 0 Å². The third kappa shape index (κ3) is 3.23. The molecule has 6 nitrogen and oxygen atoms in total. The minimum absolute atomic E-state index is 0.522. The summed E-state index contributed by atoms with van der Waals surface area (Å²) >= 11 is 1.53. The van der Waals surface area contributed by atoms with Crippen LogP contribution in [0.4, 0.5) is 0 Å². The van der Waals surface area contributed by atoms with Crippen molar-refractivity contribution in [1.29, 1.82) is 0 Å². The van der Waals surface area contributed by atoms with Gasteiger partial charge in [-0.25, -0.2) is 4.98 Å². The molecule has 0 saturated heterocycles. The predicted molar refractivity (Wildman–Crippen MR) is 96.7 cm³/mol. The van der Waals surface area contributed by atoms with E-state index < -0.39 is 0 Å². The average molecular weight is 352 g/mol. The summed E-state index contributed by atoms with van der Waals surface area (Å²) in [6.45, 7) is 2.06. The molecular formula is C18H16N4O2S. The second-order valence-electron chi connectivity index (χ2n) is 5.56. The fourth-order valence-corrected chi connectivity index (χ4v) is 3.27. The lowest BCUT2D eigenvalue weighted by atomic mass is 10.2. The number of nitrogens with one attached hydrogen (secondary N) is 1. The highest BCUT2D eigenvalue weighted by Crippen LogP contribution is 2.28. The third-order valence-corrected chi connectivity index (χ3v) is 4.62. The molecule has 0 aliphatic carbocycles. The van der Waals surface area contributed by atoms with Gasteiger partial charge in [0.25, 0.3) is 0 Å². The number of aryl methyl sites for hydroxylation is 1. The minimum Gasteiger partial charge on any atom is -0.496 e. The van der Waals surface area contributed by atoms with Crippen LogP contribution >= 0.6 is 11.8 Å². The maximum absolute atomic E-state index is 5.35. The molecule has 25 heavy (non-hydrogen) atoms. The molecule has 0 aliphatic rings. The van der Waals surface area contributed by atoms with E-state index in [0.29, 0.717) is 17.5 Å². The van der Waals surface area contributed by atoms with Crippen LogP contribution in [-0.2, 0) is 5.75 Å². The Bertz CT molecular complexity index is 1020. The molecule has 0 fully saturated rings. The lowest BCUT2D eigenvalue weighted by molar-refractivity contribution is 0.390. The van der Waals surface area contributed by atoms with Gasteiger partial charge in [0.2, 0.25) is 11.7 Å². The van der Waals surface area contributed by atoms with Gasteiger partial charge < -0.3 is 14.2 Å². The van der Waals surface area contributed by atoms with E-state index >= 15 is 0 Å². The molecule has 0 spiro atoms. The molecule has 1 N–H and O–H groups in total. The first-order valence-electron chi connectivity index (χ1n) is 7.78. The number of thioether (sulfide) groups is 1. The summed E-state index contributed by atoms with van der Waals surface area (Å²) in [7, 11) is 1.62. The summed E-state index contributed by atoms with van der Waals surface area (Å²) in [4.78, 5) is 12.3. The highest BCUT2D eigenvalue weighted by molar-refractivity contribution is 7.98. The van der Waals surface area contributed by atoms with Crippen LogP contribution in [0.3, 0.4) is 0 Å². The largest absolute Gasteiger partial charge is 0.496 e. The van der Waals surface area contributed by atoms with Gasteiger partial charge >= 0.3 is 0 Å². The fourth-order valence-electron chi connectivity index (χ4n) is 2.55. The van der Waals surface area contributed by atoms with Crippen LogP contribution in [0, 0.1) is 6.92 Å². The van der Waals surface area contributed by atoms with E-state index in [0.717, 1.165) is 27.5 Å². The zero-order valence-corrected chi connectivity index (χ0v) is 14.6. The number of methoxy groups -OCH3 is 1. The minimum atomic E-state index is 0.522. The highest BCUT2D eigenvalue weighted by atomic mass is 32.2. The first-order valence-corrected chi connectivity index (χ1v) is 8.76. The monoisotopic (exact) mass is 352 g/mol. The molecule has 0 bridgehead atoms. The molecule has 4 aromatic rings. The second-order valence-corrected chi connectivity index (χ2v) is 6.53. The van der Waals surface area contributed by atoms with Crippen molar-refractivity contribution in [2.24, 2.45) is 0 Å². The zero-order valence-electron chi connectivity index (χ0n) is 13.8. The number of imidazole rings is 1. The van der Waals surface area contributed by atoms with Gasteiger partial charge in [-0.2, -0.15) is 4.98 Å². The standard InChI is InChI=1S/C18H16N4O2S/c1-11-7-8-13-14(9-11)20-18(19-13)25-10-16-21-17(22-24-16)12-5-3-4-6-15(12)23-2/h3-9H,10H2,1-2H3,(H,19,20). The van der Waals surface area contributed by atoms with E-state index in [1.807, 2.05) is 30.3 Å². The fraction of sp³-hybridized carbons (Fsp3) is 0.167. The predicted octanol–water partition coefficient (Wildman–Crippen LogP) is 4.22. The SMILES string of the molecule is COc1ccccc1-c1noc(CSc2nc3ccc(C)cc3[nH]2)n1. The molecule has 0 unspecified atom stereocenters. The normalized spacial score (nSPS) is 11.1. The second kappa shape index (κ2) is 6.60. The summed E-state index contributed by atoms with van der Waals surface area (Å²) < 4.78 is 10.7. The number of aromatic amines is 1. The highest BCUT2D eigenvalue weighted by Gasteiger charge is 2.13. The van der Waals surface area contributed by atoms with Crippen LogP contribution in [0.2, 0.25) is 0 Å². The van der Waals surface area contributed by atoms with Crippen molar-refractivity contribution in [2.75, 3.05) is 7.11 Å². The first-order chi connectivity index (χ1) is 12.2. The van der Waals surface area contributed by atoms with Crippen LogP contribution < -0.4 is 4.74 Å². The van der Waals surface area contributed by atoms with Gasteiger partial charge in [-0.05, 0) is 36.8 Å². The van der Waals surface area contributed by atoms with Gasteiger partial charge in [-0.1, -0.05) is 35.1 Å². The Kier molecular flexibility index (Phi) is 4.15. The molecule has 0 radical (unpaired) electrons. The van der Waals surface area contributed by atoms with Crippen molar-refractivity contribution < 1.29 is 9.26 Å². The number of H-pyrrole nitrogens is 1. The molecule has 0 atom stereocenters. The number of aromatic nitrogens is 4. The number of hydrogen-bond donors (Lipinski definition) is 1. The van der Waals surface area contributed by atoms with Crippen LogP contribution in [0.1, 0.15) is 11.5 Å². The van der Waals surface area contributed by atoms with Gasteiger partial charge in [-0.15, -0.1) is 0 Å². The van der Waals surface area contributed by atoms with Crippen LogP contribution in [0.5, 0.6) is 5.75 Å². The van der Waals surface area contributed by atoms with E-state index in [4.69, 9.17) is 9.26 Å². The van der Waals surface area contributed by atoms with E-state index in [-0.39, 0.29) is 0 Å². The summed E-state index contributed by atoms with van der Waals surface area (Å²) in [5.41, 5.74) is 3.99. The van der Waals surface area contributed by atoms with Crippen LogP contribution in [0.15, 0.2) is 52.1 Å². The number of nitrogens with zero attached hydrogens (tertiary/aromatic N) is 3. The summed E-state index contributed by atoms with van der Waals surface area (Å²) in [6, 6.07) is 13.7. The van der Waals surface area contributed by atoms with E-state index in [1.165, 1.54) is 17.3 Å². The zero-order chi connectivity index (χ0) is 17.2. The Morgan fingerprint density at radius 3 is 2.92 bits per heavy atom. The number of fused-ring (bicyclic) bond motifs is 1. The van der Waals surface area contributed by atoms with E-state index in [1.54, 1.807) is 7.11 Å². The smallest absolute Gasteiger partial charge is 0.237 e.